The molecule has 2 bridgehead atoms. The molecule has 4 rings (SSSR count). The van der Waals surface area contributed by atoms with Crippen molar-refractivity contribution in [3.63, 3.8) is 0 Å². The van der Waals surface area contributed by atoms with Crippen LogP contribution in [0, 0.1) is 11.7 Å². The van der Waals surface area contributed by atoms with Crippen molar-refractivity contribution >= 4 is 17.2 Å². The van der Waals surface area contributed by atoms with Gasteiger partial charge in [-0.1, -0.05) is 12.1 Å². The first-order chi connectivity index (χ1) is 11.2. The van der Waals surface area contributed by atoms with Crippen molar-refractivity contribution in [2.24, 2.45) is 5.92 Å². The van der Waals surface area contributed by atoms with Gasteiger partial charge < -0.3 is 10.2 Å². The summed E-state index contributed by atoms with van der Waals surface area (Å²) in [5.41, 5.74) is 0.942. The van der Waals surface area contributed by atoms with Gasteiger partial charge in [0.2, 0.25) is 0 Å². The van der Waals surface area contributed by atoms with Gasteiger partial charge >= 0.3 is 0 Å². The van der Waals surface area contributed by atoms with Crippen molar-refractivity contribution in [1.82, 2.24) is 10.2 Å². The van der Waals surface area contributed by atoms with E-state index in [9.17, 15) is 9.18 Å². The minimum absolute atomic E-state index is 0.0101. The minimum atomic E-state index is -0.245. The molecular formula is C18H19FN2OS. The normalized spacial score (nSPS) is 26.2. The summed E-state index contributed by atoms with van der Waals surface area (Å²) in [4.78, 5) is 16.6. The van der Waals surface area contributed by atoms with Gasteiger partial charge in [0.1, 0.15) is 5.82 Å². The summed E-state index contributed by atoms with van der Waals surface area (Å²) in [6, 6.07) is 10.4. The molecule has 3 nitrogen and oxygen atoms in total. The fourth-order valence-corrected chi connectivity index (χ4v) is 4.56. The summed E-state index contributed by atoms with van der Waals surface area (Å²) in [6.07, 6.45) is 2.36. The number of carbonyl (C=O) groups is 1. The van der Waals surface area contributed by atoms with Crippen LogP contribution in [0.3, 0.4) is 0 Å². The second-order valence-corrected chi connectivity index (χ2v) is 7.57. The number of amides is 1. The van der Waals surface area contributed by atoms with E-state index in [2.05, 4.69) is 10.2 Å². The third-order valence-corrected chi connectivity index (χ3v) is 5.89. The van der Waals surface area contributed by atoms with Crippen molar-refractivity contribution in [3.05, 3.63) is 47.1 Å². The second kappa shape index (κ2) is 6.06. The lowest BCUT2D eigenvalue weighted by molar-refractivity contribution is 0.0913. The average molecular weight is 330 g/mol. The lowest BCUT2D eigenvalue weighted by atomic mass is 9.97. The lowest BCUT2D eigenvalue weighted by Crippen LogP contribution is -2.46. The molecule has 5 heteroatoms. The predicted molar refractivity (Wildman–Crippen MR) is 90.1 cm³/mol. The van der Waals surface area contributed by atoms with E-state index in [1.54, 1.807) is 12.1 Å². The van der Waals surface area contributed by atoms with Gasteiger partial charge in [-0.25, -0.2) is 4.39 Å². The zero-order valence-corrected chi connectivity index (χ0v) is 13.6. The molecule has 0 spiro atoms. The van der Waals surface area contributed by atoms with Gasteiger partial charge in [-0.2, -0.15) is 0 Å². The monoisotopic (exact) mass is 330 g/mol. The van der Waals surface area contributed by atoms with Crippen molar-refractivity contribution < 1.29 is 9.18 Å². The average Bonchev–Trinajstić information content (AvgIpc) is 3.15. The van der Waals surface area contributed by atoms with Crippen molar-refractivity contribution in [2.45, 2.75) is 18.9 Å². The summed E-state index contributed by atoms with van der Waals surface area (Å²) < 4.78 is 13.0. The Morgan fingerprint density at radius 3 is 2.78 bits per heavy atom. The number of benzene rings is 1. The van der Waals surface area contributed by atoms with Crippen LogP contribution in [-0.2, 0) is 0 Å². The standard InChI is InChI=1S/C18H19FN2OS/c19-14-3-1-13(2-4-14)16-5-6-17(23-16)18(22)20-15-9-12-7-8-21(10-12)11-15/h1-6,12,15H,7-11H2,(H,20,22)/t12-,15+/m1/s1. The quantitative estimate of drug-likeness (QED) is 0.936. The number of carbonyl (C=O) groups excluding carboxylic acids is 1. The number of nitrogens with one attached hydrogen (secondary N) is 1. The summed E-state index contributed by atoms with van der Waals surface area (Å²) in [5.74, 6) is 0.508. The summed E-state index contributed by atoms with van der Waals surface area (Å²) in [5, 5.41) is 3.18. The number of hydrogen-bond donors (Lipinski definition) is 1. The Balaban J connectivity index is 1.44. The van der Waals surface area contributed by atoms with Crippen LogP contribution in [-0.4, -0.2) is 36.5 Å². The van der Waals surface area contributed by atoms with Crippen LogP contribution in [0.2, 0.25) is 0 Å². The number of thiophene rings is 1. The Hall–Kier alpha value is -1.72. The largest absolute Gasteiger partial charge is 0.347 e. The fourth-order valence-electron chi connectivity index (χ4n) is 3.65. The van der Waals surface area contributed by atoms with Crippen molar-refractivity contribution in [1.29, 1.82) is 0 Å². The molecule has 2 fully saturated rings. The van der Waals surface area contributed by atoms with Gasteiger partial charge in [0, 0.05) is 24.0 Å². The Labute approximate surface area is 139 Å². The number of piperidine rings is 1. The molecule has 1 aromatic heterocycles. The van der Waals surface area contributed by atoms with Crippen LogP contribution in [0.15, 0.2) is 36.4 Å². The Morgan fingerprint density at radius 2 is 2.00 bits per heavy atom. The van der Waals surface area contributed by atoms with E-state index in [0.29, 0.717) is 0 Å². The van der Waals surface area contributed by atoms with Crippen LogP contribution in [0.1, 0.15) is 22.5 Å². The molecular weight excluding hydrogens is 311 g/mol. The van der Waals surface area contributed by atoms with Gasteiger partial charge in [0.25, 0.3) is 5.91 Å². The van der Waals surface area contributed by atoms with E-state index >= 15 is 0 Å². The third-order valence-electron chi connectivity index (χ3n) is 4.76. The topological polar surface area (TPSA) is 32.3 Å². The molecule has 120 valence electrons. The molecule has 23 heavy (non-hydrogen) atoms. The third kappa shape index (κ3) is 3.16. The predicted octanol–water partition coefficient (Wildman–Crippen LogP) is 3.38. The molecule has 0 aliphatic carbocycles. The molecule has 2 aliphatic rings. The van der Waals surface area contributed by atoms with E-state index in [1.165, 1.54) is 43.0 Å². The van der Waals surface area contributed by atoms with E-state index in [4.69, 9.17) is 0 Å². The maximum atomic E-state index is 13.0. The molecule has 3 atom stereocenters. The highest BCUT2D eigenvalue weighted by Gasteiger charge is 2.33. The molecule has 1 aromatic carbocycles. The molecule has 3 heterocycles. The van der Waals surface area contributed by atoms with Crippen LogP contribution < -0.4 is 5.32 Å². The maximum Gasteiger partial charge on any atom is 0.261 e. The van der Waals surface area contributed by atoms with E-state index in [1.807, 2.05) is 12.1 Å². The second-order valence-electron chi connectivity index (χ2n) is 6.49. The molecule has 2 aromatic rings. The first-order valence-electron chi connectivity index (χ1n) is 8.06. The Morgan fingerprint density at radius 1 is 1.17 bits per heavy atom. The van der Waals surface area contributed by atoms with Crippen LogP contribution in [0.5, 0.6) is 0 Å². The van der Waals surface area contributed by atoms with E-state index in [0.717, 1.165) is 34.2 Å². The van der Waals surface area contributed by atoms with Crippen LogP contribution in [0.4, 0.5) is 4.39 Å². The van der Waals surface area contributed by atoms with E-state index < -0.39 is 0 Å². The SMILES string of the molecule is O=C(N[C@H]1C[C@H]2CCN(C2)C1)c1ccc(-c2ccc(F)cc2)s1. The molecule has 0 radical (unpaired) electrons. The number of fused-ring (bicyclic) bond motifs is 2. The van der Waals surface area contributed by atoms with Crippen molar-refractivity contribution in [3.8, 4) is 10.4 Å². The highest BCUT2D eigenvalue weighted by atomic mass is 32.1. The van der Waals surface area contributed by atoms with E-state index in [-0.39, 0.29) is 17.8 Å². The lowest BCUT2D eigenvalue weighted by Gasteiger charge is -2.30. The number of hydrogen-bond acceptors (Lipinski definition) is 3. The van der Waals surface area contributed by atoms with Gasteiger partial charge in [0.05, 0.1) is 4.88 Å². The zero-order valence-electron chi connectivity index (χ0n) is 12.8. The Bertz CT molecular complexity index is 700. The number of nitrogens with zero attached hydrogens (tertiary/aromatic N) is 1. The summed E-state index contributed by atoms with van der Waals surface area (Å²) in [7, 11) is 0. The van der Waals surface area contributed by atoms with Crippen molar-refractivity contribution in [2.75, 3.05) is 19.6 Å². The smallest absolute Gasteiger partial charge is 0.261 e. The van der Waals surface area contributed by atoms with Gasteiger partial charge in [-0.15, -0.1) is 11.3 Å². The molecule has 1 N–H and O–H groups in total. The molecule has 1 unspecified atom stereocenters. The first-order valence-corrected chi connectivity index (χ1v) is 8.88. The zero-order chi connectivity index (χ0) is 15.8. The summed E-state index contributed by atoms with van der Waals surface area (Å²) in [6.45, 7) is 3.34. The molecule has 0 saturated carbocycles. The van der Waals surface area contributed by atoms with Gasteiger partial charge in [-0.3, -0.25) is 4.79 Å². The molecule has 2 saturated heterocycles. The minimum Gasteiger partial charge on any atom is -0.347 e. The van der Waals surface area contributed by atoms with Crippen LogP contribution in [0.25, 0.3) is 10.4 Å². The first kappa shape index (κ1) is 14.8. The Kier molecular flexibility index (Phi) is 3.91. The number of halogens is 1. The number of rotatable bonds is 3. The molecule has 2 aliphatic heterocycles. The highest BCUT2D eigenvalue weighted by molar-refractivity contribution is 7.17. The van der Waals surface area contributed by atoms with Crippen LogP contribution >= 0.6 is 11.3 Å². The fraction of sp³-hybridized carbons (Fsp3) is 0.389. The van der Waals surface area contributed by atoms with Gasteiger partial charge in [0.15, 0.2) is 0 Å². The van der Waals surface area contributed by atoms with Gasteiger partial charge in [-0.05, 0) is 55.1 Å². The maximum absolute atomic E-state index is 13.0. The summed E-state index contributed by atoms with van der Waals surface area (Å²) >= 11 is 1.46. The molecule has 1 amide bonds. The highest BCUT2D eigenvalue weighted by Crippen LogP contribution is 2.29.